The summed E-state index contributed by atoms with van der Waals surface area (Å²) in [6, 6.07) is 4.40. The fraction of sp³-hybridized carbons (Fsp3) is 0.571. The topological polar surface area (TPSA) is 9.23 Å². The maximum Gasteiger partial charge on any atom is 0.146 e. The van der Waals surface area contributed by atoms with Crippen molar-refractivity contribution in [3.05, 3.63) is 22.8 Å². The SMILES string of the molecule is BrC1CC(Oc2c(I)cc(I)cc2I)C12CCCC2. The van der Waals surface area contributed by atoms with E-state index in [2.05, 4.69) is 95.8 Å². The Morgan fingerprint density at radius 3 is 2.21 bits per heavy atom. The van der Waals surface area contributed by atoms with Crippen LogP contribution in [0.5, 0.6) is 5.75 Å². The summed E-state index contributed by atoms with van der Waals surface area (Å²) in [5, 5.41) is 0. The molecule has 0 heterocycles. The summed E-state index contributed by atoms with van der Waals surface area (Å²) < 4.78 is 10.2. The minimum absolute atomic E-state index is 0.404. The second kappa shape index (κ2) is 6.06. The number of alkyl halides is 1. The van der Waals surface area contributed by atoms with Gasteiger partial charge in [0, 0.05) is 13.8 Å². The molecule has 2 fully saturated rings. The highest BCUT2D eigenvalue weighted by atomic mass is 127. The first-order chi connectivity index (χ1) is 9.03. The standard InChI is InChI=1S/C14H14BrI3O/c15-11-7-12(14(11)3-1-2-4-14)19-13-9(17)5-8(16)6-10(13)18/h5-6,11-12H,1-4,7H2. The number of hydrogen-bond donors (Lipinski definition) is 0. The van der Waals surface area contributed by atoms with Crippen molar-refractivity contribution in [1.82, 2.24) is 0 Å². The molecule has 0 N–H and O–H groups in total. The third-order valence-electron chi connectivity index (χ3n) is 4.44. The van der Waals surface area contributed by atoms with Crippen LogP contribution in [-0.2, 0) is 0 Å². The van der Waals surface area contributed by atoms with Crippen LogP contribution in [0.15, 0.2) is 12.1 Å². The lowest BCUT2D eigenvalue weighted by atomic mass is 9.64. The molecule has 2 aliphatic carbocycles. The number of benzene rings is 1. The Balaban J connectivity index is 1.83. The monoisotopic (exact) mass is 658 g/mol. The lowest BCUT2D eigenvalue weighted by Gasteiger charge is -2.51. The molecule has 19 heavy (non-hydrogen) atoms. The van der Waals surface area contributed by atoms with E-state index in [-0.39, 0.29) is 0 Å². The summed E-state index contributed by atoms with van der Waals surface area (Å²) in [5.74, 6) is 1.09. The largest absolute Gasteiger partial charge is 0.488 e. The first-order valence-corrected chi connectivity index (χ1v) is 10.6. The Kier molecular flexibility index (Phi) is 4.97. The van der Waals surface area contributed by atoms with Crippen LogP contribution in [0.3, 0.4) is 0 Å². The lowest BCUT2D eigenvalue weighted by molar-refractivity contribution is -0.0314. The smallest absolute Gasteiger partial charge is 0.146 e. The average Bonchev–Trinajstić information content (AvgIpc) is 2.84. The number of ether oxygens (including phenoxy) is 1. The van der Waals surface area contributed by atoms with Gasteiger partial charge in [0.2, 0.25) is 0 Å². The van der Waals surface area contributed by atoms with Crippen molar-refractivity contribution in [2.45, 2.75) is 43.0 Å². The minimum atomic E-state index is 0.404. The van der Waals surface area contributed by atoms with Gasteiger partial charge in [0.25, 0.3) is 0 Å². The minimum Gasteiger partial charge on any atom is -0.488 e. The molecule has 0 saturated heterocycles. The van der Waals surface area contributed by atoms with E-state index in [1.807, 2.05) is 0 Å². The van der Waals surface area contributed by atoms with E-state index in [9.17, 15) is 0 Å². The van der Waals surface area contributed by atoms with Crippen molar-refractivity contribution in [1.29, 1.82) is 0 Å². The zero-order valence-corrected chi connectivity index (χ0v) is 18.3. The van der Waals surface area contributed by atoms with Gasteiger partial charge in [-0.2, -0.15) is 0 Å². The van der Waals surface area contributed by atoms with Gasteiger partial charge in [-0.25, -0.2) is 0 Å². The molecule has 104 valence electrons. The highest BCUT2D eigenvalue weighted by Crippen LogP contribution is 2.58. The van der Waals surface area contributed by atoms with Crippen molar-refractivity contribution >= 4 is 83.7 Å². The van der Waals surface area contributed by atoms with Crippen LogP contribution in [0, 0.1) is 16.1 Å². The van der Waals surface area contributed by atoms with Crippen LogP contribution in [0.1, 0.15) is 32.1 Å². The molecule has 1 spiro atoms. The third kappa shape index (κ3) is 2.83. The van der Waals surface area contributed by atoms with Crippen LogP contribution in [0.25, 0.3) is 0 Å². The van der Waals surface area contributed by atoms with E-state index in [0.717, 1.165) is 12.2 Å². The van der Waals surface area contributed by atoms with Gasteiger partial charge in [0.1, 0.15) is 11.9 Å². The second-order valence-electron chi connectivity index (χ2n) is 5.45. The third-order valence-corrected chi connectivity index (χ3v) is 7.95. The Morgan fingerprint density at radius 1 is 1.11 bits per heavy atom. The molecule has 2 aliphatic rings. The molecule has 0 amide bonds. The molecule has 1 aromatic rings. The van der Waals surface area contributed by atoms with Crippen LogP contribution in [0.4, 0.5) is 0 Å². The Hall–Kier alpha value is 1.69. The fourth-order valence-corrected chi connectivity index (χ4v) is 8.25. The fourth-order valence-electron chi connectivity index (χ4n) is 3.32. The van der Waals surface area contributed by atoms with Gasteiger partial charge >= 0.3 is 0 Å². The molecule has 2 unspecified atom stereocenters. The summed E-state index contributed by atoms with van der Waals surface area (Å²) >= 11 is 11.0. The second-order valence-corrected chi connectivity index (χ2v) is 10.1. The highest BCUT2D eigenvalue weighted by Gasteiger charge is 2.56. The predicted octanol–water partition coefficient (Wildman–Crippen LogP) is 5.98. The zero-order chi connectivity index (χ0) is 13.6. The maximum atomic E-state index is 6.43. The summed E-state index contributed by atoms with van der Waals surface area (Å²) in [6.07, 6.45) is 6.93. The molecule has 0 aromatic heterocycles. The predicted molar refractivity (Wildman–Crippen MR) is 107 cm³/mol. The van der Waals surface area contributed by atoms with Crippen LogP contribution >= 0.6 is 83.7 Å². The van der Waals surface area contributed by atoms with Crippen LogP contribution < -0.4 is 4.74 Å². The average molecular weight is 659 g/mol. The quantitative estimate of drug-likeness (QED) is 0.281. The summed E-state index contributed by atoms with van der Waals surface area (Å²) in [6.45, 7) is 0. The normalized spacial score (nSPS) is 28.4. The van der Waals surface area contributed by atoms with Crippen molar-refractivity contribution in [2.75, 3.05) is 0 Å². The van der Waals surface area contributed by atoms with E-state index >= 15 is 0 Å². The molecular formula is C14H14BrI3O. The van der Waals surface area contributed by atoms with Gasteiger partial charge < -0.3 is 4.74 Å². The summed E-state index contributed by atoms with van der Waals surface area (Å²) in [4.78, 5) is 0.659. The van der Waals surface area contributed by atoms with E-state index in [4.69, 9.17) is 4.74 Å². The molecule has 2 atom stereocenters. The highest BCUT2D eigenvalue weighted by molar-refractivity contribution is 14.1. The van der Waals surface area contributed by atoms with Crippen molar-refractivity contribution < 1.29 is 4.74 Å². The van der Waals surface area contributed by atoms with E-state index in [1.165, 1.54) is 36.4 Å². The van der Waals surface area contributed by atoms with Gasteiger partial charge in [-0.05, 0) is 99.2 Å². The van der Waals surface area contributed by atoms with Gasteiger partial charge in [-0.3, -0.25) is 0 Å². The summed E-state index contributed by atoms with van der Waals surface area (Å²) in [5.41, 5.74) is 0.412. The van der Waals surface area contributed by atoms with Crippen LogP contribution in [-0.4, -0.2) is 10.9 Å². The first kappa shape index (κ1) is 15.6. The van der Waals surface area contributed by atoms with Gasteiger partial charge in [0.05, 0.1) is 7.14 Å². The van der Waals surface area contributed by atoms with Crippen molar-refractivity contribution in [2.24, 2.45) is 5.41 Å². The maximum absolute atomic E-state index is 6.43. The first-order valence-electron chi connectivity index (χ1n) is 6.48. The molecule has 1 nitrogen and oxygen atoms in total. The molecule has 3 rings (SSSR count). The zero-order valence-electron chi connectivity index (χ0n) is 10.3. The molecule has 0 bridgehead atoms. The lowest BCUT2D eigenvalue weighted by Crippen LogP contribution is -2.55. The molecule has 1 aromatic carbocycles. The van der Waals surface area contributed by atoms with E-state index < -0.39 is 0 Å². The van der Waals surface area contributed by atoms with E-state index in [0.29, 0.717) is 16.3 Å². The molecule has 0 radical (unpaired) electrons. The molecular weight excluding hydrogens is 645 g/mol. The Bertz CT molecular complexity index is 476. The molecule has 0 aliphatic heterocycles. The van der Waals surface area contributed by atoms with Crippen molar-refractivity contribution in [3.8, 4) is 5.75 Å². The molecule has 2 saturated carbocycles. The summed E-state index contributed by atoms with van der Waals surface area (Å²) in [7, 11) is 0. The van der Waals surface area contributed by atoms with Crippen LogP contribution in [0.2, 0.25) is 0 Å². The Morgan fingerprint density at radius 2 is 1.68 bits per heavy atom. The van der Waals surface area contributed by atoms with Gasteiger partial charge in [-0.15, -0.1) is 0 Å². The van der Waals surface area contributed by atoms with Crippen molar-refractivity contribution in [3.63, 3.8) is 0 Å². The molecule has 5 heteroatoms. The number of halogens is 4. The van der Waals surface area contributed by atoms with Gasteiger partial charge in [-0.1, -0.05) is 28.8 Å². The van der Waals surface area contributed by atoms with Gasteiger partial charge in [0.15, 0.2) is 0 Å². The number of hydrogen-bond acceptors (Lipinski definition) is 1. The Labute approximate surface area is 163 Å². The van der Waals surface area contributed by atoms with E-state index in [1.54, 1.807) is 0 Å². The number of rotatable bonds is 2.